The minimum atomic E-state index is -0.439. The van der Waals surface area contributed by atoms with Crippen molar-refractivity contribution >= 4 is 23.0 Å². The second-order valence-electron chi connectivity index (χ2n) is 5.19. The minimum absolute atomic E-state index is 0.152. The fraction of sp³-hybridized carbons (Fsp3) is 0.312. The molecule has 0 radical (unpaired) electrons. The summed E-state index contributed by atoms with van der Waals surface area (Å²) in [4.78, 5) is 13.1. The van der Waals surface area contributed by atoms with Gasteiger partial charge in [0, 0.05) is 4.88 Å². The van der Waals surface area contributed by atoms with Gasteiger partial charge in [-0.2, -0.15) is 0 Å². The molecule has 112 valence electrons. The molecule has 2 rings (SSSR count). The van der Waals surface area contributed by atoms with Crippen LogP contribution < -0.4 is 5.73 Å². The summed E-state index contributed by atoms with van der Waals surface area (Å²) in [6.45, 7) is 5.87. The third kappa shape index (κ3) is 2.78. The highest BCUT2D eigenvalue weighted by Gasteiger charge is 2.24. The van der Waals surface area contributed by atoms with Gasteiger partial charge in [-0.1, -0.05) is 19.9 Å². The van der Waals surface area contributed by atoms with Gasteiger partial charge >= 0.3 is 5.97 Å². The molecular formula is C16H18FNO2S. The summed E-state index contributed by atoms with van der Waals surface area (Å²) in [6, 6.07) is 4.62. The van der Waals surface area contributed by atoms with Gasteiger partial charge in [0.15, 0.2) is 0 Å². The number of esters is 1. The van der Waals surface area contributed by atoms with Crippen molar-refractivity contribution < 1.29 is 13.9 Å². The largest absolute Gasteiger partial charge is 0.465 e. The number of anilines is 1. The maximum absolute atomic E-state index is 13.3. The van der Waals surface area contributed by atoms with Crippen LogP contribution in [0.25, 0.3) is 10.4 Å². The van der Waals surface area contributed by atoms with E-state index in [0.29, 0.717) is 10.6 Å². The maximum atomic E-state index is 13.3. The van der Waals surface area contributed by atoms with Crippen LogP contribution in [0.3, 0.4) is 0 Å². The lowest BCUT2D eigenvalue weighted by Gasteiger charge is -2.11. The van der Waals surface area contributed by atoms with Gasteiger partial charge in [0.05, 0.1) is 12.8 Å². The van der Waals surface area contributed by atoms with Gasteiger partial charge in [0.1, 0.15) is 10.7 Å². The van der Waals surface area contributed by atoms with Crippen LogP contribution in [0.15, 0.2) is 18.2 Å². The first kappa shape index (κ1) is 15.5. The van der Waals surface area contributed by atoms with Crippen molar-refractivity contribution in [3.8, 4) is 10.4 Å². The number of benzene rings is 1. The summed E-state index contributed by atoms with van der Waals surface area (Å²) in [7, 11) is 1.33. The first-order chi connectivity index (χ1) is 9.86. The number of nitrogen functional groups attached to an aromatic ring is 1. The predicted octanol–water partition coefficient (Wildman–Crippen LogP) is 4.35. The standard InChI is InChI=1S/C16H18FNO2S/c1-8(2)12-13(18)15(16(19)20-4)21-14(12)11-6-5-10(17)7-9(11)3/h5-8H,18H2,1-4H3. The van der Waals surface area contributed by atoms with Crippen molar-refractivity contribution in [2.24, 2.45) is 0 Å². The quantitative estimate of drug-likeness (QED) is 0.857. The highest BCUT2D eigenvalue weighted by Crippen LogP contribution is 2.43. The Labute approximate surface area is 127 Å². The maximum Gasteiger partial charge on any atom is 0.350 e. The first-order valence-electron chi connectivity index (χ1n) is 6.63. The number of hydrogen-bond acceptors (Lipinski definition) is 4. The van der Waals surface area contributed by atoms with Gasteiger partial charge in [0.25, 0.3) is 0 Å². The molecule has 0 atom stereocenters. The van der Waals surface area contributed by atoms with Gasteiger partial charge in [-0.3, -0.25) is 0 Å². The number of nitrogens with two attached hydrogens (primary N) is 1. The molecule has 0 aliphatic carbocycles. The van der Waals surface area contributed by atoms with E-state index >= 15 is 0 Å². The molecule has 0 saturated heterocycles. The van der Waals surface area contributed by atoms with Crippen molar-refractivity contribution in [1.82, 2.24) is 0 Å². The lowest BCUT2D eigenvalue weighted by atomic mass is 9.96. The third-order valence-electron chi connectivity index (χ3n) is 3.36. The van der Waals surface area contributed by atoms with E-state index in [1.54, 1.807) is 6.07 Å². The van der Waals surface area contributed by atoms with Crippen LogP contribution in [0, 0.1) is 12.7 Å². The molecule has 0 aliphatic heterocycles. The zero-order valence-electron chi connectivity index (χ0n) is 12.5. The van der Waals surface area contributed by atoms with E-state index in [4.69, 9.17) is 10.5 Å². The molecule has 2 N–H and O–H groups in total. The van der Waals surface area contributed by atoms with E-state index in [9.17, 15) is 9.18 Å². The van der Waals surface area contributed by atoms with E-state index in [1.165, 1.54) is 30.6 Å². The lowest BCUT2D eigenvalue weighted by Crippen LogP contribution is -2.03. The van der Waals surface area contributed by atoms with Gasteiger partial charge in [-0.25, -0.2) is 9.18 Å². The number of aryl methyl sites for hydroxylation is 1. The Hall–Kier alpha value is -1.88. The minimum Gasteiger partial charge on any atom is -0.465 e. The molecule has 5 heteroatoms. The molecule has 0 amide bonds. The van der Waals surface area contributed by atoms with Gasteiger partial charge in [-0.15, -0.1) is 11.3 Å². The Morgan fingerprint density at radius 1 is 1.38 bits per heavy atom. The fourth-order valence-electron chi connectivity index (χ4n) is 2.36. The van der Waals surface area contributed by atoms with E-state index in [0.717, 1.165) is 21.6 Å². The topological polar surface area (TPSA) is 52.3 Å². The Morgan fingerprint density at radius 3 is 2.57 bits per heavy atom. The fourth-order valence-corrected chi connectivity index (χ4v) is 3.74. The average Bonchev–Trinajstić information content (AvgIpc) is 2.75. The van der Waals surface area contributed by atoms with Crippen molar-refractivity contribution in [3.63, 3.8) is 0 Å². The van der Waals surface area contributed by atoms with Crippen molar-refractivity contribution in [2.45, 2.75) is 26.7 Å². The molecule has 0 bridgehead atoms. The zero-order valence-corrected chi connectivity index (χ0v) is 13.3. The summed E-state index contributed by atoms with van der Waals surface area (Å²) in [5, 5.41) is 0. The molecule has 1 aromatic heterocycles. The van der Waals surface area contributed by atoms with Crippen molar-refractivity contribution in [2.75, 3.05) is 12.8 Å². The second-order valence-corrected chi connectivity index (χ2v) is 6.21. The highest BCUT2D eigenvalue weighted by atomic mass is 32.1. The number of methoxy groups -OCH3 is 1. The van der Waals surface area contributed by atoms with Crippen LogP contribution in [0.1, 0.15) is 40.6 Å². The Bertz CT molecular complexity index is 692. The SMILES string of the molecule is COC(=O)c1sc(-c2ccc(F)cc2C)c(C(C)C)c1N. The molecule has 1 heterocycles. The number of hydrogen-bond donors (Lipinski definition) is 1. The zero-order chi connectivity index (χ0) is 15.7. The Morgan fingerprint density at radius 2 is 2.05 bits per heavy atom. The van der Waals surface area contributed by atoms with Crippen LogP contribution in [0.5, 0.6) is 0 Å². The summed E-state index contributed by atoms with van der Waals surface area (Å²) >= 11 is 1.30. The molecular weight excluding hydrogens is 289 g/mol. The van der Waals surface area contributed by atoms with Crippen molar-refractivity contribution in [1.29, 1.82) is 0 Å². The average molecular weight is 307 g/mol. The summed E-state index contributed by atoms with van der Waals surface area (Å²) in [6.07, 6.45) is 0. The van der Waals surface area contributed by atoms with E-state index in [2.05, 4.69) is 0 Å². The highest BCUT2D eigenvalue weighted by molar-refractivity contribution is 7.18. The lowest BCUT2D eigenvalue weighted by molar-refractivity contribution is 0.0607. The summed E-state index contributed by atoms with van der Waals surface area (Å²) < 4.78 is 18.1. The van der Waals surface area contributed by atoms with Crippen LogP contribution in [0.4, 0.5) is 10.1 Å². The smallest absolute Gasteiger partial charge is 0.350 e. The van der Waals surface area contributed by atoms with E-state index in [-0.39, 0.29) is 11.7 Å². The molecule has 2 aromatic rings. The Balaban J connectivity index is 2.70. The first-order valence-corrected chi connectivity index (χ1v) is 7.45. The molecule has 1 aromatic carbocycles. The molecule has 0 spiro atoms. The normalized spacial score (nSPS) is 11.0. The molecule has 0 aliphatic rings. The van der Waals surface area contributed by atoms with E-state index in [1.807, 2.05) is 20.8 Å². The summed E-state index contributed by atoms with van der Waals surface area (Å²) in [5.41, 5.74) is 9.22. The molecule has 0 unspecified atom stereocenters. The van der Waals surface area contributed by atoms with Crippen LogP contribution in [-0.4, -0.2) is 13.1 Å². The van der Waals surface area contributed by atoms with E-state index < -0.39 is 5.97 Å². The summed E-state index contributed by atoms with van der Waals surface area (Å²) in [5.74, 6) is -0.565. The van der Waals surface area contributed by atoms with Gasteiger partial charge in [0.2, 0.25) is 0 Å². The number of thiophene rings is 1. The van der Waals surface area contributed by atoms with Gasteiger partial charge in [-0.05, 0) is 41.7 Å². The number of carbonyl (C=O) groups is 1. The number of carbonyl (C=O) groups excluding carboxylic acids is 1. The molecule has 0 fully saturated rings. The number of halogens is 1. The number of ether oxygens (including phenoxy) is 1. The molecule has 0 saturated carbocycles. The second kappa shape index (κ2) is 5.85. The molecule has 3 nitrogen and oxygen atoms in total. The Kier molecular flexibility index (Phi) is 4.32. The third-order valence-corrected chi connectivity index (χ3v) is 4.60. The number of rotatable bonds is 3. The monoisotopic (exact) mass is 307 g/mol. The van der Waals surface area contributed by atoms with Crippen LogP contribution >= 0.6 is 11.3 Å². The molecule has 21 heavy (non-hydrogen) atoms. The van der Waals surface area contributed by atoms with Crippen molar-refractivity contribution in [3.05, 3.63) is 40.0 Å². The van der Waals surface area contributed by atoms with Crippen LogP contribution in [-0.2, 0) is 4.74 Å². The van der Waals surface area contributed by atoms with Crippen LogP contribution in [0.2, 0.25) is 0 Å². The van der Waals surface area contributed by atoms with Gasteiger partial charge < -0.3 is 10.5 Å². The predicted molar refractivity (Wildman–Crippen MR) is 84.3 cm³/mol.